The van der Waals surface area contributed by atoms with Gasteiger partial charge in [-0.25, -0.2) is 24.9 Å². The van der Waals surface area contributed by atoms with Crippen LogP contribution >= 0.6 is 0 Å². The Hall–Kier alpha value is -4.07. The summed E-state index contributed by atoms with van der Waals surface area (Å²) >= 11 is 0. The molecule has 0 saturated heterocycles. The molecule has 5 rings (SSSR count). The molecular weight excluding hydrogens is 340 g/mol. The van der Waals surface area contributed by atoms with Crippen molar-refractivity contribution < 1.29 is 0 Å². The molecule has 0 fully saturated rings. The standard InChI is InChI=1S/C19H14N8/c20-15-14-19(27-17(25-15)10-6-2-1-3-7-10)26-16(21)13(24-14)18-22-11-8-4-5-9-12(11)23-18/h1-9H,(H,22,23)(H4,20,21,25,26,27). The van der Waals surface area contributed by atoms with Crippen molar-refractivity contribution in [2.45, 2.75) is 0 Å². The van der Waals surface area contributed by atoms with Gasteiger partial charge in [-0.3, -0.25) is 0 Å². The third-order valence-corrected chi connectivity index (χ3v) is 4.23. The number of aromatic nitrogens is 6. The number of nitrogens with zero attached hydrogens (tertiary/aromatic N) is 5. The van der Waals surface area contributed by atoms with E-state index in [1.165, 1.54) is 0 Å². The minimum Gasteiger partial charge on any atom is -0.382 e. The molecule has 0 bridgehead atoms. The zero-order valence-corrected chi connectivity index (χ0v) is 14.1. The number of para-hydroxylation sites is 2. The Balaban J connectivity index is 1.70. The number of fused-ring (bicyclic) bond motifs is 2. The van der Waals surface area contributed by atoms with Gasteiger partial charge in [-0.15, -0.1) is 0 Å². The Morgan fingerprint density at radius 2 is 1.48 bits per heavy atom. The molecule has 2 aromatic carbocycles. The quantitative estimate of drug-likeness (QED) is 0.444. The molecule has 5 aromatic rings. The van der Waals surface area contributed by atoms with Gasteiger partial charge in [0.05, 0.1) is 11.0 Å². The molecule has 27 heavy (non-hydrogen) atoms. The lowest BCUT2D eigenvalue weighted by atomic mass is 10.2. The van der Waals surface area contributed by atoms with Crippen molar-refractivity contribution >= 4 is 33.8 Å². The molecule has 0 aliphatic carbocycles. The summed E-state index contributed by atoms with van der Waals surface area (Å²) in [7, 11) is 0. The van der Waals surface area contributed by atoms with Gasteiger partial charge in [-0.05, 0) is 12.1 Å². The molecule has 8 heteroatoms. The average molecular weight is 354 g/mol. The van der Waals surface area contributed by atoms with Crippen LogP contribution in [0.3, 0.4) is 0 Å². The summed E-state index contributed by atoms with van der Waals surface area (Å²) in [5.41, 5.74) is 16.0. The van der Waals surface area contributed by atoms with Crippen molar-refractivity contribution in [2.24, 2.45) is 0 Å². The highest BCUT2D eigenvalue weighted by Crippen LogP contribution is 2.27. The Kier molecular flexibility index (Phi) is 3.23. The van der Waals surface area contributed by atoms with Crippen LogP contribution in [0, 0.1) is 0 Å². The Labute approximate surface area is 153 Å². The maximum atomic E-state index is 6.14. The highest BCUT2D eigenvalue weighted by molar-refractivity contribution is 5.88. The molecule has 8 nitrogen and oxygen atoms in total. The highest BCUT2D eigenvalue weighted by Gasteiger charge is 2.16. The molecule has 0 aliphatic heterocycles. The molecule has 0 radical (unpaired) electrons. The first-order valence-corrected chi connectivity index (χ1v) is 8.30. The third-order valence-electron chi connectivity index (χ3n) is 4.23. The fourth-order valence-electron chi connectivity index (χ4n) is 2.94. The van der Waals surface area contributed by atoms with Crippen molar-refractivity contribution in [2.75, 3.05) is 11.5 Å². The summed E-state index contributed by atoms with van der Waals surface area (Å²) in [6, 6.07) is 17.2. The normalized spacial score (nSPS) is 11.3. The van der Waals surface area contributed by atoms with Crippen LogP contribution in [0.4, 0.5) is 11.6 Å². The van der Waals surface area contributed by atoms with E-state index in [1.807, 2.05) is 54.6 Å². The fraction of sp³-hybridized carbons (Fsp3) is 0. The third kappa shape index (κ3) is 2.51. The monoisotopic (exact) mass is 354 g/mol. The van der Waals surface area contributed by atoms with E-state index < -0.39 is 0 Å². The van der Waals surface area contributed by atoms with Gasteiger partial charge < -0.3 is 16.5 Å². The van der Waals surface area contributed by atoms with E-state index >= 15 is 0 Å². The number of nitrogens with two attached hydrogens (primary N) is 2. The van der Waals surface area contributed by atoms with Gasteiger partial charge in [0.25, 0.3) is 0 Å². The second-order valence-corrected chi connectivity index (χ2v) is 6.03. The molecule has 3 heterocycles. The minimum absolute atomic E-state index is 0.221. The number of hydrogen-bond acceptors (Lipinski definition) is 7. The van der Waals surface area contributed by atoms with E-state index in [9.17, 15) is 0 Å². The second kappa shape index (κ2) is 5.73. The number of H-pyrrole nitrogens is 1. The number of imidazole rings is 1. The first-order chi connectivity index (χ1) is 13.2. The van der Waals surface area contributed by atoms with Gasteiger partial charge in [0.2, 0.25) is 0 Å². The summed E-state index contributed by atoms with van der Waals surface area (Å²) in [5, 5.41) is 0. The first-order valence-electron chi connectivity index (χ1n) is 8.30. The summed E-state index contributed by atoms with van der Waals surface area (Å²) in [6.45, 7) is 0. The molecular formula is C19H14N8. The van der Waals surface area contributed by atoms with Crippen molar-refractivity contribution in [1.82, 2.24) is 29.9 Å². The summed E-state index contributed by atoms with van der Waals surface area (Å²) in [5.74, 6) is 1.46. The van der Waals surface area contributed by atoms with Crippen molar-refractivity contribution in [1.29, 1.82) is 0 Å². The minimum atomic E-state index is 0.221. The van der Waals surface area contributed by atoms with E-state index in [4.69, 9.17) is 11.5 Å². The van der Waals surface area contributed by atoms with Crippen LogP contribution in [0.5, 0.6) is 0 Å². The lowest BCUT2D eigenvalue weighted by Crippen LogP contribution is -2.05. The number of nitrogens with one attached hydrogen (secondary N) is 1. The Morgan fingerprint density at radius 1 is 0.704 bits per heavy atom. The van der Waals surface area contributed by atoms with Gasteiger partial charge in [-0.1, -0.05) is 42.5 Å². The predicted octanol–water partition coefficient (Wildman–Crippen LogP) is 2.79. The van der Waals surface area contributed by atoms with E-state index in [0.29, 0.717) is 28.5 Å². The summed E-state index contributed by atoms with van der Waals surface area (Å²) < 4.78 is 0. The lowest BCUT2D eigenvalue weighted by molar-refractivity contribution is 1.15. The van der Waals surface area contributed by atoms with Gasteiger partial charge in [-0.2, -0.15) is 0 Å². The summed E-state index contributed by atoms with van der Waals surface area (Å²) in [4.78, 5) is 25.5. The van der Waals surface area contributed by atoms with Gasteiger partial charge in [0, 0.05) is 5.56 Å². The summed E-state index contributed by atoms with van der Waals surface area (Å²) in [6.07, 6.45) is 0. The zero-order chi connectivity index (χ0) is 18.4. The maximum absolute atomic E-state index is 6.14. The van der Waals surface area contributed by atoms with E-state index in [1.54, 1.807) is 0 Å². The first kappa shape index (κ1) is 15.2. The van der Waals surface area contributed by atoms with E-state index in [0.717, 1.165) is 16.6 Å². The number of rotatable bonds is 2. The molecule has 0 unspecified atom stereocenters. The topological polar surface area (TPSA) is 132 Å². The van der Waals surface area contributed by atoms with Crippen LogP contribution in [0.25, 0.3) is 45.1 Å². The molecule has 130 valence electrons. The van der Waals surface area contributed by atoms with Crippen LogP contribution in [0.15, 0.2) is 54.6 Å². The molecule has 0 spiro atoms. The number of hydrogen-bond donors (Lipinski definition) is 3. The number of anilines is 2. The predicted molar refractivity (Wildman–Crippen MR) is 104 cm³/mol. The van der Waals surface area contributed by atoms with Crippen molar-refractivity contribution in [3.63, 3.8) is 0 Å². The molecule has 0 aliphatic rings. The molecule has 0 amide bonds. The second-order valence-electron chi connectivity index (χ2n) is 6.03. The average Bonchev–Trinajstić information content (AvgIpc) is 3.12. The Bertz CT molecular complexity index is 1260. The van der Waals surface area contributed by atoms with Crippen LogP contribution < -0.4 is 11.5 Å². The molecule has 5 N–H and O–H groups in total. The molecule has 0 atom stereocenters. The van der Waals surface area contributed by atoms with Crippen molar-refractivity contribution in [3.05, 3.63) is 54.6 Å². The fourth-order valence-corrected chi connectivity index (χ4v) is 2.94. The van der Waals surface area contributed by atoms with Crippen LogP contribution in [-0.4, -0.2) is 29.9 Å². The number of aromatic amines is 1. The smallest absolute Gasteiger partial charge is 0.186 e. The SMILES string of the molecule is Nc1nc2nc(-c3ccccc3)nc(N)c2nc1-c1nc2ccccc2[nH]1. The maximum Gasteiger partial charge on any atom is 0.186 e. The van der Waals surface area contributed by atoms with Crippen LogP contribution in [0.2, 0.25) is 0 Å². The lowest BCUT2D eigenvalue weighted by Gasteiger charge is -2.07. The largest absolute Gasteiger partial charge is 0.382 e. The molecule has 0 saturated carbocycles. The molecule has 3 aromatic heterocycles. The van der Waals surface area contributed by atoms with Crippen LogP contribution in [0.1, 0.15) is 0 Å². The van der Waals surface area contributed by atoms with Crippen LogP contribution in [-0.2, 0) is 0 Å². The van der Waals surface area contributed by atoms with Gasteiger partial charge in [0.1, 0.15) is 5.69 Å². The number of benzene rings is 2. The van der Waals surface area contributed by atoms with Gasteiger partial charge in [0.15, 0.2) is 34.4 Å². The van der Waals surface area contributed by atoms with Gasteiger partial charge >= 0.3 is 0 Å². The zero-order valence-electron chi connectivity index (χ0n) is 14.1. The number of nitrogen functional groups attached to an aromatic ring is 2. The van der Waals surface area contributed by atoms with E-state index in [2.05, 4.69) is 29.9 Å². The van der Waals surface area contributed by atoms with Crippen molar-refractivity contribution in [3.8, 4) is 22.9 Å². The Morgan fingerprint density at radius 3 is 2.30 bits per heavy atom. The highest BCUT2D eigenvalue weighted by atomic mass is 15.1. The van der Waals surface area contributed by atoms with E-state index in [-0.39, 0.29) is 11.6 Å².